The summed E-state index contributed by atoms with van der Waals surface area (Å²) >= 11 is 6.19. The van der Waals surface area contributed by atoms with E-state index in [-0.39, 0.29) is 17.4 Å². The van der Waals surface area contributed by atoms with Crippen molar-refractivity contribution in [3.05, 3.63) is 77.8 Å². The molecule has 1 aliphatic heterocycles. The fourth-order valence-electron chi connectivity index (χ4n) is 7.97. The van der Waals surface area contributed by atoms with Crippen LogP contribution in [0.1, 0.15) is 76.2 Å². The maximum atomic E-state index is 14.3. The number of hydrogen-bond donors (Lipinski definition) is 2. The van der Waals surface area contributed by atoms with E-state index in [1.54, 1.807) is 6.33 Å². The van der Waals surface area contributed by atoms with Crippen molar-refractivity contribution in [2.45, 2.75) is 102 Å². The zero-order chi connectivity index (χ0) is 29.5. The number of amides is 1. The van der Waals surface area contributed by atoms with Gasteiger partial charge in [0.15, 0.2) is 0 Å². The Hall–Kier alpha value is -2.90. The maximum Gasteiger partial charge on any atom is 0.240 e. The van der Waals surface area contributed by atoms with Crippen LogP contribution in [0.5, 0.6) is 0 Å². The Bertz CT molecular complexity index is 1260. The van der Waals surface area contributed by atoms with E-state index in [2.05, 4.69) is 68.1 Å². The summed E-state index contributed by atoms with van der Waals surface area (Å²) in [6, 6.07) is 19.1. The Morgan fingerprint density at radius 2 is 1.60 bits per heavy atom. The van der Waals surface area contributed by atoms with Gasteiger partial charge in [0.2, 0.25) is 5.91 Å². The summed E-state index contributed by atoms with van der Waals surface area (Å²) in [5.41, 5.74) is 2.52. The van der Waals surface area contributed by atoms with Gasteiger partial charge in [0, 0.05) is 42.4 Å². The Morgan fingerprint density at radius 1 is 0.907 bits per heavy atom. The van der Waals surface area contributed by atoms with Crippen LogP contribution in [-0.4, -0.2) is 56.8 Å². The molecular formula is C35H47ClN6O. The van der Waals surface area contributed by atoms with E-state index in [1.807, 2.05) is 23.1 Å². The van der Waals surface area contributed by atoms with Crippen molar-refractivity contribution in [1.29, 1.82) is 0 Å². The molecule has 1 saturated heterocycles. The number of nitrogens with zero attached hydrogens (tertiary/aromatic N) is 4. The van der Waals surface area contributed by atoms with E-state index < -0.39 is 0 Å². The highest BCUT2D eigenvalue weighted by Gasteiger charge is 2.44. The normalized spacial score (nSPS) is 23.5. The molecule has 2 heterocycles. The molecule has 1 aromatic heterocycles. The van der Waals surface area contributed by atoms with Crippen molar-refractivity contribution in [3.63, 3.8) is 0 Å². The number of aromatic nitrogens is 3. The molecule has 2 aliphatic carbocycles. The van der Waals surface area contributed by atoms with Crippen molar-refractivity contribution in [2.75, 3.05) is 18.4 Å². The lowest BCUT2D eigenvalue weighted by molar-refractivity contribution is -0.137. The average molecular weight is 603 g/mol. The molecule has 0 unspecified atom stereocenters. The topological polar surface area (TPSA) is 75.1 Å². The van der Waals surface area contributed by atoms with E-state index in [4.69, 9.17) is 11.6 Å². The standard InChI is InChI=1S/C35H47ClN6O/c36-29-13-11-27(12-14-29)23-33(40-32-17-15-31(16-18-32)39-30-9-5-2-6-10-30)34(43)41-21-19-35(20-22-41,24-42-26-37-25-38-42)28-7-3-1-4-8-28/h2,5-6,9-14,25-26,28,31-33,39-40H,1,3-4,7-8,15-24H2/t31-,32-,33-/m1/s1. The first-order chi connectivity index (χ1) is 21.1. The SMILES string of the molecule is O=C([C@@H](Cc1ccc(Cl)cc1)N[C@H]1CC[C@H](Nc2ccccc2)CC1)N1CCC(Cn2cncn2)(C2CCCCC2)CC1. The van der Waals surface area contributed by atoms with Crippen molar-refractivity contribution in [3.8, 4) is 0 Å². The molecule has 0 radical (unpaired) electrons. The summed E-state index contributed by atoms with van der Waals surface area (Å²) < 4.78 is 2.03. The summed E-state index contributed by atoms with van der Waals surface area (Å²) in [7, 11) is 0. The van der Waals surface area contributed by atoms with Gasteiger partial charge in [0.1, 0.15) is 12.7 Å². The Labute approximate surface area is 261 Å². The Balaban J connectivity index is 1.11. The van der Waals surface area contributed by atoms with Gasteiger partial charge in [-0.1, -0.05) is 61.2 Å². The molecule has 2 N–H and O–H groups in total. The molecule has 1 amide bonds. The molecule has 3 aromatic rings. The molecule has 8 heteroatoms. The minimum absolute atomic E-state index is 0.189. The van der Waals surface area contributed by atoms with Crippen LogP contribution in [0.3, 0.4) is 0 Å². The molecule has 0 spiro atoms. The molecule has 6 rings (SSSR count). The molecule has 1 atom stereocenters. The first-order valence-electron chi connectivity index (χ1n) is 16.5. The summed E-state index contributed by atoms with van der Waals surface area (Å²) in [6.07, 6.45) is 17.2. The summed E-state index contributed by atoms with van der Waals surface area (Å²) in [5.74, 6) is 0.947. The first-order valence-corrected chi connectivity index (χ1v) is 16.9. The fourth-order valence-corrected chi connectivity index (χ4v) is 8.10. The van der Waals surface area contributed by atoms with Crippen LogP contribution in [0, 0.1) is 11.3 Å². The quantitative estimate of drug-likeness (QED) is 0.269. The lowest BCUT2D eigenvalue weighted by Gasteiger charge is -2.48. The molecule has 7 nitrogen and oxygen atoms in total. The summed E-state index contributed by atoms with van der Waals surface area (Å²) in [5, 5.41) is 12.8. The molecule has 3 fully saturated rings. The second-order valence-corrected chi connectivity index (χ2v) is 13.7. The van der Waals surface area contributed by atoms with Gasteiger partial charge in [0.05, 0.1) is 6.04 Å². The fraction of sp³-hybridized carbons (Fsp3) is 0.571. The van der Waals surface area contributed by atoms with Crippen LogP contribution in [-0.2, 0) is 17.8 Å². The number of anilines is 1. The summed E-state index contributed by atoms with van der Waals surface area (Å²) in [6.45, 7) is 2.54. The van der Waals surface area contributed by atoms with Crippen molar-refractivity contribution < 1.29 is 4.79 Å². The third-order valence-corrected chi connectivity index (χ3v) is 10.7. The average Bonchev–Trinajstić information content (AvgIpc) is 3.56. The predicted molar refractivity (Wildman–Crippen MR) is 173 cm³/mol. The molecule has 230 valence electrons. The lowest BCUT2D eigenvalue weighted by Crippen LogP contribution is -2.55. The number of hydrogen-bond acceptors (Lipinski definition) is 5. The Morgan fingerprint density at radius 3 is 2.28 bits per heavy atom. The van der Waals surface area contributed by atoms with E-state index in [0.29, 0.717) is 24.4 Å². The summed E-state index contributed by atoms with van der Waals surface area (Å²) in [4.78, 5) is 20.6. The van der Waals surface area contributed by atoms with Gasteiger partial charge in [-0.25, -0.2) is 4.98 Å². The number of rotatable bonds is 10. The number of carbonyl (C=O) groups excluding carboxylic acids is 1. The van der Waals surface area contributed by atoms with Crippen molar-refractivity contribution in [2.24, 2.45) is 11.3 Å². The van der Waals surface area contributed by atoms with Gasteiger partial charge in [-0.3, -0.25) is 9.48 Å². The van der Waals surface area contributed by atoms with E-state index in [9.17, 15) is 4.79 Å². The highest BCUT2D eigenvalue weighted by atomic mass is 35.5. The van der Waals surface area contributed by atoms with Crippen LogP contribution >= 0.6 is 11.6 Å². The van der Waals surface area contributed by atoms with Gasteiger partial charge in [-0.2, -0.15) is 5.10 Å². The van der Waals surface area contributed by atoms with E-state index in [1.165, 1.54) is 37.8 Å². The van der Waals surface area contributed by atoms with Gasteiger partial charge in [-0.05, 0) is 98.9 Å². The largest absolute Gasteiger partial charge is 0.382 e. The second-order valence-electron chi connectivity index (χ2n) is 13.2. The van der Waals surface area contributed by atoms with Gasteiger partial charge in [0.25, 0.3) is 0 Å². The second kappa shape index (κ2) is 14.3. The minimum Gasteiger partial charge on any atom is -0.382 e. The molecule has 2 saturated carbocycles. The third kappa shape index (κ3) is 7.79. The number of piperidine rings is 1. The van der Waals surface area contributed by atoms with Crippen molar-refractivity contribution >= 4 is 23.2 Å². The zero-order valence-corrected chi connectivity index (χ0v) is 26.1. The molecule has 0 bridgehead atoms. The monoisotopic (exact) mass is 602 g/mol. The van der Waals surface area contributed by atoms with Gasteiger partial charge >= 0.3 is 0 Å². The van der Waals surface area contributed by atoms with Crippen molar-refractivity contribution in [1.82, 2.24) is 25.0 Å². The maximum absolute atomic E-state index is 14.3. The third-order valence-electron chi connectivity index (χ3n) is 10.4. The number of carbonyl (C=O) groups is 1. The Kier molecular flexibility index (Phi) is 9.99. The van der Waals surface area contributed by atoms with Crippen LogP contribution in [0.4, 0.5) is 5.69 Å². The number of nitrogens with one attached hydrogen (secondary N) is 2. The van der Waals surface area contributed by atoms with Crippen LogP contribution in [0.2, 0.25) is 5.02 Å². The molecule has 2 aromatic carbocycles. The molecular weight excluding hydrogens is 556 g/mol. The smallest absolute Gasteiger partial charge is 0.240 e. The number of benzene rings is 2. The van der Waals surface area contributed by atoms with Gasteiger partial charge in [-0.15, -0.1) is 0 Å². The predicted octanol–water partition coefficient (Wildman–Crippen LogP) is 6.74. The number of likely N-dealkylation sites (tertiary alicyclic amines) is 1. The molecule has 3 aliphatic rings. The lowest BCUT2D eigenvalue weighted by atomic mass is 9.63. The first kappa shape index (κ1) is 30.1. The number of halogens is 1. The van der Waals surface area contributed by atoms with Crippen LogP contribution in [0.25, 0.3) is 0 Å². The minimum atomic E-state index is -0.234. The highest BCUT2D eigenvalue weighted by molar-refractivity contribution is 6.30. The van der Waals surface area contributed by atoms with Crippen LogP contribution in [0.15, 0.2) is 67.3 Å². The number of para-hydroxylation sites is 1. The van der Waals surface area contributed by atoms with Gasteiger partial charge < -0.3 is 15.5 Å². The van der Waals surface area contributed by atoms with Crippen LogP contribution < -0.4 is 10.6 Å². The molecule has 43 heavy (non-hydrogen) atoms. The van der Waals surface area contributed by atoms with E-state index in [0.717, 1.165) is 68.7 Å². The van der Waals surface area contributed by atoms with E-state index >= 15 is 0 Å². The zero-order valence-electron chi connectivity index (χ0n) is 25.3. The highest BCUT2D eigenvalue weighted by Crippen LogP contribution is 2.47.